The van der Waals surface area contributed by atoms with Gasteiger partial charge < -0.3 is 11.1 Å². The van der Waals surface area contributed by atoms with Crippen LogP contribution in [-0.2, 0) is 0 Å². The highest BCUT2D eigenvalue weighted by Crippen LogP contribution is 2.14. The smallest absolute Gasteiger partial charge is 0.253 e. The third kappa shape index (κ3) is 2.72. The molecule has 0 saturated carbocycles. The first kappa shape index (κ1) is 11.0. The van der Waals surface area contributed by atoms with Crippen LogP contribution in [0.2, 0.25) is 5.02 Å². The molecule has 0 aliphatic rings. The fourth-order valence-electron chi connectivity index (χ4n) is 1.01. The first-order chi connectivity index (χ1) is 6.65. The van der Waals surface area contributed by atoms with Crippen molar-refractivity contribution in [3.05, 3.63) is 34.9 Å². The van der Waals surface area contributed by atoms with Gasteiger partial charge in [0.2, 0.25) is 0 Å². The number of hydrogen-bond donors (Lipinski definition) is 2. The highest BCUT2D eigenvalue weighted by Gasteiger charge is 2.10. The Balaban J connectivity index is 2.75. The van der Waals surface area contributed by atoms with Gasteiger partial charge >= 0.3 is 0 Å². The number of nitrogens with two attached hydrogens (primary N) is 1. The van der Waals surface area contributed by atoms with E-state index < -0.39 is 0 Å². The predicted octanol–water partition coefficient (Wildman–Crippen LogP) is 1.42. The van der Waals surface area contributed by atoms with Gasteiger partial charge in [-0.05, 0) is 19.1 Å². The summed E-state index contributed by atoms with van der Waals surface area (Å²) in [5.41, 5.74) is 5.87. The van der Waals surface area contributed by atoms with Gasteiger partial charge in [0.05, 0.1) is 10.6 Å². The first-order valence-electron chi connectivity index (χ1n) is 4.40. The van der Waals surface area contributed by atoms with Gasteiger partial charge in [-0.25, -0.2) is 0 Å². The molecule has 1 rings (SSSR count). The van der Waals surface area contributed by atoms with E-state index in [4.69, 9.17) is 17.3 Å². The molecule has 0 aromatic heterocycles. The Morgan fingerprint density at radius 1 is 1.57 bits per heavy atom. The zero-order chi connectivity index (χ0) is 10.6. The third-order valence-corrected chi connectivity index (χ3v) is 2.18. The van der Waals surface area contributed by atoms with Crippen molar-refractivity contribution in [3.8, 4) is 0 Å². The highest BCUT2D eigenvalue weighted by molar-refractivity contribution is 6.33. The molecule has 0 radical (unpaired) electrons. The topological polar surface area (TPSA) is 55.1 Å². The van der Waals surface area contributed by atoms with Crippen LogP contribution in [0.15, 0.2) is 24.3 Å². The van der Waals surface area contributed by atoms with E-state index in [-0.39, 0.29) is 11.9 Å². The van der Waals surface area contributed by atoms with Crippen LogP contribution in [0, 0.1) is 0 Å². The maximum absolute atomic E-state index is 11.6. The Labute approximate surface area is 88.2 Å². The fraction of sp³-hybridized carbons (Fsp3) is 0.300. The largest absolute Gasteiger partial charge is 0.348 e. The van der Waals surface area contributed by atoms with Gasteiger partial charge in [-0.1, -0.05) is 23.7 Å². The monoisotopic (exact) mass is 212 g/mol. The van der Waals surface area contributed by atoms with Gasteiger partial charge in [-0.2, -0.15) is 0 Å². The molecule has 4 heteroatoms. The molecule has 14 heavy (non-hydrogen) atoms. The molecule has 3 N–H and O–H groups in total. The van der Waals surface area contributed by atoms with Gasteiger partial charge in [0.25, 0.3) is 5.91 Å². The van der Waals surface area contributed by atoms with Crippen LogP contribution in [0.3, 0.4) is 0 Å². The summed E-state index contributed by atoms with van der Waals surface area (Å²) < 4.78 is 0. The predicted molar refractivity (Wildman–Crippen MR) is 57.4 cm³/mol. The Bertz CT molecular complexity index is 328. The van der Waals surface area contributed by atoms with Crippen molar-refractivity contribution in [1.82, 2.24) is 5.32 Å². The van der Waals surface area contributed by atoms with Crippen molar-refractivity contribution in [2.24, 2.45) is 5.73 Å². The van der Waals surface area contributed by atoms with E-state index >= 15 is 0 Å². The van der Waals surface area contributed by atoms with E-state index in [0.29, 0.717) is 17.1 Å². The normalized spacial score (nSPS) is 12.2. The first-order valence-corrected chi connectivity index (χ1v) is 4.78. The Morgan fingerprint density at radius 2 is 2.21 bits per heavy atom. The molecule has 0 heterocycles. The average Bonchev–Trinajstić information content (AvgIpc) is 2.18. The minimum Gasteiger partial charge on any atom is -0.348 e. The molecule has 0 aliphatic heterocycles. The molecule has 0 aliphatic carbocycles. The number of amides is 1. The second-order valence-corrected chi connectivity index (χ2v) is 3.50. The Kier molecular flexibility index (Phi) is 3.92. The molecule has 76 valence electrons. The van der Waals surface area contributed by atoms with Crippen LogP contribution in [0.5, 0.6) is 0 Å². The standard InChI is InChI=1S/C10H13ClN2O/c1-7(6-12)13-10(14)8-4-2-3-5-9(8)11/h2-5,7H,6,12H2,1H3,(H,13,14)/t7-/m0/s1. The molecule has 0 unspecified atom stereocenters. The van der Waals surface area contributed by atoms with Crippen molar-refractivity contribution in [2.45, 2.75) is 13.0 Å². The molecule has 0 fully saturated rings. The second kappa shape index (κ2) is 4.98. The molecule has 1 aromatic rings. The van der Waals surface area contributed by atoms with Crippen LogP contribution >= 0.6 is 11.6 Å². The molecule has 0 bridgehead atoms. The summed E-state index contributed by atoms with van der Waals surface area (Å²) in [6.45, 7) is 2.25. The summed E-state index contributed by atoms with van der Waals surface area (Å²) in [4.78, 5) is 11.6. The van der Waals surface area contributed by atoms with E-state index in [1.165, 1.54) is 0 Å². The van der Waals surface area contributed by atoms with E-state index in [0.717, 1.165) is 0 Å². The van der Waals surface area contributed by atoms with Gasteiger partial charge in [-0.3, -0.25) is 4.79 Å². The Hall–Kier alpha value is -1.06. The second-order valence-electron chi connectivity index (χ2n) is 3.09. The molecular weight excluding hydrogens is 200 g/mol. The molecule has 0 saturated heterocycles. The Morgan fingerprint density at radius 3 is 2.79 bits per heavy atom. The van der Waals surface area contributed by atoms with Crippen molar-refractivity contribution in [2.75, 3.05) is 6.54 Å². The lowest BCUT2D eigenvalue weighted by atomic mass is 10.2. The summed E-state index contributed by atoms with van der Waals surface area (Å²) in [5, 5.41) is 3.19. The number of hydrogen-bond acceptors (Lipinski definition) is 2. The third-order valence-electron chi connectivity index (χ3n) is 1.85. The molecule has 1 aromatic carbocycles. The summed E-state index contributed by atoms with van der Waals surface area (Å²) in [6.07, 6.45) is 0. The number of carbonyl (C=O) groups excluding carboxylic acids is 1. The number of benzene rings is 1. The molecule has 3 nitrogen and oxygen atoms in total. The average molecular weight is 213 g/mol. The number of halogens is 1. The lowest BCUT2D eigenvalue weighted by Crippen LogP contribution is -2.37. The van der Waals surface area contributed by atoms with E-state index in [1.807, 2.05) is 6.92 Å². The van der Waals surface area contributed by atoms with Crippen LogP contribution in [0.1, 0.15) is 17.3 Å². The van der Waals surface area contributed by atoms with Crippen molar-refractivity contribution in [1.29, 1.82) is 0 Å². The van der Waals surface area contributed by atoms with Gasteiger partial charge in [0.15, 0.2) is 0 Å². The van der Waals surface area contributed by atoms with E-state index in [9.17, 15) is 4.79 Å². The lowest BCUT2D eigenvalue weighted by molar-refractivity contribution is 0.0941. The zero-order valence-electron chi connectivity index (χ0n) is 7.96. The molecular formula is C10H13ClN2O. The summed E-state index contributed by atoms with van der Waals surface area (Å²) >= 11 is 5.85. The van der Waals surface area contributed by atoms with Crippen molar-refractivity contribution < 1.29 is 4.79 Å². The maximum atomic E-state index is 11.6. The fourth-order valence-corrected chi connectivity index (χ4v) is 1.23. The van der Waals surface area contributed by atoms with Crippen molar-refractivity contribution in [3.63, 3.8) is 0 Å². The van der Waals surface area contributed by atoms with Crippen LogP contribution in [0.25, 0.3) is 0 Å². The summed E-state index contributed by atoms with van der Waals surface area (Å²) in [5.74, 6) is -0.187. The van der Waals surface area contributed by atoms with Gasteiger partial charge in [-0.15, -0.1) is 0 Å². The molecule has 0 spiro atoms. The highest BCUT2D eigenvalue weighted by atomic mass is 35.5. The minimum absolute atomic E-state index is 0.0428. The van der Waals surface area contributed by atoms with Crippen LogP contribution in [-0.4, -0.2) is 18.5 Å². The van der Waals surface area contributed by atoms with E-state index in [2.05, 4.69) is 5.32 Å². The molecule has 1 atom stereocenters. The minimum atomic E-state index is -0.187. The zero-order valence-corrected chi connectivity index (χ0v) is 8.71. The lowest BCUT2D eigenvalue weighted by Gasteiger charge is -2.11. The summed E-state index contributed by atoms with van der Waals surface area (Å²) in [6, 6.07) is 6.88. The van der Waals surface area contributed by atoms with Crippen molar-refractivity contribution >= 4 is 17.5 Å². The number of carbonyl (C=O) groups is 1. The van der Waals surface area contributed by atoms with Crippen LogP contribution < -0.4 is 11.1 Å². The SMILES string of the molecule is C[C@@H](CN)NC(=O)c1ccccc1Cl. The van der Waals surface area contributed by atoms with Crippen LogP contribution in [0.4, 0.5) is 0 Å². The molecule has 1 amide bonds. The van der Waals surface area contributed by atoms with E-state index in [1.54, 1.807) is 24.3 Å². The quantitative estimate of drug-likeness (QED) is 0.796. The number of nitrogens with one attached hydrogen (secondary N) is 1. The van der Waals surface area contributed by atoms with Gasteiger partial charge in [0.1, 0.15) is 0 Å². The maximum Gasteiger partial charge on any atom is 0.253 e. The summed E-state index contributed by atoms with van der Waals surface area (Å²) in [7, 11) is 0. The number of rotatable bonds is 3. The van der Waals surface area contributed by atoms with Gasteiger partial charge in [0, 0.05) is 12.6 Å².